The maximum atomic E-state index is 13.0. The lowest BCUT2D eigenvalue weighted by Crippen LogP contribution is -2.68. The molecule has 0 amide bonds. The van der Waals surface area contributed by atoms with E-state index < -0.39 is 34.1 Å². The van der Waals surface area contributed by atoms with Gasteiger partial charge in [0.25, 0.3) is 10.1 Å². The first-order chi connectivity index (χ1) is 13.4. The molecule has 1 aliphatic rings. The van der Waals surface area contributed by atoms with Crippen molar-refractivity contribution in [3.8, 4) is 0 Å². The predicted octanol–water partition coefficient (Wildman–Crippen LogP) is 4.12. The van der Waals surface area contributed by atoms with Gasteiger partial charge in [0, 0.05) is 18.1 Å². The first-order valence-electron chi connectivity index (χ1n) is 9.47. The summed E-state index contributed by atoms with van der Waals surface area (Å²) in [6.45, 7) is 11.4. The molecule has 0 unspecified atom stereocenters. The molecule has 172 valence electrons. The van der Waals surface area contributed by atoms with Gasteiger partial charge in [0.2, 0.25) is 10.0 Å². The fraction of sp³-hybridized carbons (Fsp3) is 0.667. The van der Waals surface area contributed by atoms with E-state index in [4.69, 9.17) is 31.8 Å². The molecule has 12 heteroatoms. The molecule has 2 rings (SSSR count). The number of hydrogen-bond donors (Lipinski definition) is 0. The van der Waals surface area contributed by atoms with Gasteiger partial charge in [-0.25, -0.2) is 8.42 Å². The van der Waals surface area contributed by atoms with Gasteiger partial charge in [-0.15, -0.1) is 0 Å². The largest absolute Gasteiger partial charge is 0.414 e. The van der Waals surface area contributed by atoms with Gasteiger partial charge >= 0.3 is 0 Å². The Labute approximate surface area is 190 Å². The van der Waals surface area contributed by atoms with Gasteiger partial charge in [0.05, 0.1) is 17.4 Å². The molecule has 1 aliphatic heterocycles. The Kier molecular flexibility index (Phi) is 7.49. The maximum absolute atomic E-state index is 13.0. The third kappa shape index (κ3) is 5.58. The summed E-state index contributed by atoms with van der Waals surface area (Å²) >= 11 is 11.9. The van der Waals surface area contributed by atoms with Crippen LogP contribution in [0.15, 0.2) is 23.1 Å². The molecule has 7 nitrogen and oxygen atoms in total. The highest BCUT2D eigenvalue weighted by molar-refractivity contribution is 7.89. The second-order valence-corrected chi connectivity index (χ2v) is 18.4. The van der Waals surface area contributed by atoms with Gasteiger partial charge < -0.3 is 4.43 Å². The van der Waals surface area contributed by atoms with Crippen molar-refractivity contribution >= 4 is 51.7 Å². The van der Waals surface area contributed by atoms with Gasteiger partial charge in [-0.3, -0.25) is 4.18 Å². The van der Waals surface area contributed by atoms with Crippen LogP contribution in [0.3, 0.4) is 0 Å². The normalized spacial score (nSPS) is 18.3. The van der Waals surface area contributed by atoms with Crippen LogP contribution in [0.4, 0.5) is 0 Å². The quantitative estimate of drug-likeness (QED) is 0.380. The van der Waals surface area contributed by atoms with Crippen LogP contribution in [0.25, 0.3) is 0 Å². The predicted molar refractivity (Wildman–Crippen MR) is 122 cm³/mol. The van der Waals surface area contributed by atoms with E-state index in [1.54, 1.807) is 0 Å². The van der Waals surface area contributed by atoms with Crippen molar-refractivity contribution in [3.05, 3.63) is 28.2 Å². The highest BCUT2D eigenvalue weighted by Crippen LogP contribution is 2.40. The molecule has 1 aromatic carbocycles. The first-order valence-corrected chi connectivity index (χ1v) is 16.2. The van der Waals surface area contributed by atoms with E-state index in [-0.39, 0.29) is 40.4 Å². The lowest BCUT2D eigenvalue weighted by atomic mass is 9.99. The zero-order valence-corrected chi connectivity index (χ0v) is 22.2. The summed E-state index contributed by atoms with van der Waals surface area (Å²) < 4.78 is 63.1. The number of benzene rings is 1. The van der Waals surface area contributed by atoms with E-state index >= 15 is 0 Å². The van der Waals surface area contributed by atoms with Crippen LogP contribution in [-0.4, -0.2) is 60.5 Å². The minimum absolute atomic E-state index is 0.000351. The smallest absolute Gasteiger partial charge is 0.267 e. The third-order valence-corrected chi connectivity index (χ3v) is 13.9. The van der Waals surface area contributed by atoms with E-state index in [1.165, 1.54) is 25.1 Å². The Morgan fingerprint density at radius 1 is 1.13 bits per heavy atom. The van der Waals surface area contributed by atoms with Crippen LogP contribution in [0.1, 0.15) is 27.7 Å². The highest BCUT2D eigenvalue weighted by Gasteiger charge is 2.54. The minimum atomic E-state index is -3.94. The monoisotopic (exact) mass is 517 g/mol. The average molecular weight is 519 g/mol. The van der Waals surface area contributed by atoms with Crippen LogP contribution in [0.5, 0.6) is 0 Å². The molecule has 1 aromatic rings. The Morgan fingerprint density at radius 3 is 2.17 bits per heavy atom. The van der Waals surface area contributed by atoms with Crippen molar-refractivity contribution in [2.45, 2.75) is 56.3 Å². The van der Waals surface area contributed by atoms with E-state index in [0.717, 1.165) is 4.31 Å². The second kappa shape index (κ2) is 8.62. The molecule has 0 aromatic heterocycles. The fourth-order valence-electron chi connectivity index (χ4n) is 2.61. The van der Waals surface area contributed by atoms with Gasteiger partial charge in [-0.2, -0.15) is 12.7 Å². The number of sulfonamides is 1. The fourth-order valence-corrected chi connectivity index (χ4v) is 6.82. The number of hydrogen-bond acceptors (Lipinski definition) is 6. The SMILES string of the molecule is CCS(=O)(=O)OC1(CO[Si](C)(C)C(C)(C)C)CN(S(=O)(=O)c2ccc(Cl)cc2Cl)C1. The summed E-state index contributed by atoms with van der Waals surface area (Å²) in [6.07, 6.45) is 0. The van der Waals surface area contributed by atoms with Crippen molar-refractivity contribution < 1.29 is 25.4 Å². The summed E-state index contributed by atoms with van der Waals surface area (Å²) in [5, 5.41) is 0.223. The second-order valence-electron chi connectivity index (χ2n) is 9.01. The van der Waals surface area contributed by atoms with Gasteiger partial charge in [0.15, 0.2) is 8.32 Å². The molecular formula is C18H29Cl2NO6S2Si. The van der Waals surface area contributed by atoms with E-state index in [9.17, 15) is 16.8 Å². The van der Waals surface area contributed by atoms with E-state index in [0.29, 0.717) is 5.02 Å². The molecule has 0 aliphatic carbocycles. The zero-order valence-electron chi connectivity index (χ0n) is 18.0. The lowest BCUT2D eigenvalue weighted by Gasteiger charge is -2.49. The Hall–Kier alpha value is -0.203. The van der Waals surface area contributed by atoms with Crippen LogP contribution < -0.4 is 0 Å². The van der Waals surface area contributed by atoms with E-state index in [1.807, 2.05) is 13.1 Å². The molecular weight excluding hydrogens is 489 g/mol. The molecule has 0 N–H and O–H groups in total. The van der Waals surface area contributed by atoms with Gasteiger partial charge in [0.1, 0.15) is 10.5 Å². The molecule has 1 heterocycles. The van der Waals surface area contributed by atoms with E-state index in [2.05, 4.69) is 20.8 Å². The standard InChI is InChI=1S/C18H29Cl2NO6S2Si/c1-7-28(22,23)27-18(13-26-30(5,6)17(2,3)4)11-21(12-18)29(24,25)16-9-8-14(19)10-15(16)20/h8-10H,7,11-13H2,1-6H3. The van der Waals surface area contributed by atoms with Crippen molar-refractivity contribution in [1.82, 2.24) is 4.31 Å². The van der Waals surface area contributed by atoms with Crippen molar-refractivity contribution in [2.24, 2.45) is 0 Å². The topological polar surface area (TPSA) is 90.0 Å². The van der Waals surface area contributed by atoms with Gasteiger partial charge in [-0.1, -0.05) is 44.0 Å². The number of rotatable bonds is 8. The first kappa shape index (κ1) is 26.1. The Morgan fingerprint density at radius 2 is 1.70 bits per heavy atom. The average Bonchev–Trinajstić information content (AvgIpc) is 2.55. The van der Waals surface area contributed by atoms with Crippen LogP contribution in [0, 0.1) is 0 Å². The molecule has 0 atom stereocenters. The Balaban J connectivity index is 2.28. The molecule has 0 spiro atoms. The van der Waals surface area contributed by atoms with Crippen LogP contribution in [-0.2, 0) is 28.8 Å². The number of nitrogens with zero attached hydrogens (tertiary/aromatic N) is 1. The molecule has 1 fully saturated rings. The summed E-state index contributed by atoms with van der Waals surface area (Å²) in [5.74, 6) is -0.218. The third-order valence-electron chi connectivity index (χ3n) is 5.60. The highest BCUT2D eigenvalue weighted by atomic mass is 35.5. The molecule has 30 heavy (non-hydrogen) atoms. The molecule has 0 radical (unpaired) electrons. The summed E-state index contributed by atoms with van der Waals surface area (Å²) in [7, 11) is -9.97. The van der Waals surface area contributed by atoms with Crippen molar-refractivity contribution in [3.63, 3.8) is 0 Å². The minimum Gasteiger partial charge on any atom is -0.414 e. The maximum Gasteiger partial charge on any atom is 0.267 e. The molecule has 0 bridgehead atoms. The zero-order chi connectivity index (χ0) is 23.2. The number of halogens is 2. The van der Waals surface area contributed by atoms with Gasteiger partial charge in [-0.05, 0) is 43.3 Å². The Bertz CT molecular complexity index is 1000. The lowest BCUT2D eigenvalue weighted by molar-refractivity contribution is -0.0647. The van der Waals surface area contributed by atoms with Crippen molar-refractivity contribution in [1.29, 1.82) is 0 Å². The van der Waals surface area contributed by atoms with Crippen LogP contribution >= 0.6 is 23.2 Å². The van der Waals surface area contributed by atoms with Crippen molar-refractivity contribution in [2.75, 3.05) is 25.4 Å². The summed E-state index contributed by atoms with van der Waals surface area (Å²) in [6, 6.07) is 4.11. The molecule has 1 saturated heterocycles. The molecule has 0 saturated carbocycles. The summed E-state index contributed by atoms with van der Waals surface area (Å²) in [4.78, 5) is -0.0918. The van der Waals surface area contributed by atoms with Crippen LogP contribution in [0.2, 0.25) is 28.2 Å². The summed E-state index contributed by atoms with van der Waals surface area (Å²) in [5.41, 5.74) is -1.27.